The lowest BCUT2D eigenvalue weighted by Crippen LogP contribution is -2.21. The van der Waals surface area contributed by atoms with Crippen molar-refractivity contribution in [2.45, 2.75) is 25.7 Å². The van der Waals surface area contributed by atoms with Crippen LogP contribution in [0.3, 0.4) is 0 Å². The number of nitrogens with zero attached hydrogens (tertiary/aromatic N) is 1. The molecule has 0 saturated heterocycles. The van der Waals surface area contributed by atoms with Gasteiger partial charge in [0.2, 0.25) is 5.88 Å². The summed E-state index contributed by atoms with van der Waals surface area (Å²) < 4.78 is 17.0. The van der Waals surface area contributed by atoms with E-state index in [1.54, 1.807) is 18.2 Å². The zero-order chi connectivity index (χ0) is 23.2. The maximum Gasteiger partial charge on any atom is 0.315 e. The lowest BCUT2D eigenvalue weighted by molar-refractivity contribution is -0.133. The molecular formula is C27H24N2O4. The minimum Gasteiger partial charge on any atom is -0.494 e. The minimum absolute atomic E-state index is 0.0302. The fraction of sp³-hybridized carbons (Fsp3) is 0.185. The Morgan fingerprint density at radius 2 is 1.88 bits per heavy atom. The van der Waals surface area contributed by atoms with Crippen LogP contribution in [0.15, 0.2) is 84.3 Å². The zero-order valence-corrected chi connectivity index (χ0v) is 18.3. The van der Waals surface area contributed by atoms with Crippen molar-refractivity contribution in [3.8, 4) is 23.3 Å². The first kappa shape index (κ1) is 22.0. The highest BCUT2D eigenvalue weighted by Crippen LogP contribution is 2.44. The summed E-state index contributed by atoms with van der Waals surface area (Å²) in [6, 6.07) is 24.3. The Morgan fingerprint density at radius 3 is 2.64 bits per heavy atom. The van der Waals surface area contributed by atoms with E-state index in [1.807, 2.05) is 61.5 Å². The number of benzene rings is 3. The second-order valence-electron chi connectivity index (χ2n) is 7.68. The van der Waals surface area contributed by atoms with Crippen molar-refractivity contribution < 1.29 is 19.0 Å². The lowest BCUT2D eigenvalue weighted by atomic mass is 9.83. The van der Waals surface area contributed by atoms with Gasteiger partial charge in [-0.05, 0) is 35.7 Å². The second kappa shape index (κ2) is 9.92. The van der Waals surface area contributed by atoms with Crippen LogP contribution in [0.5, 0.6) is 17.2 Å². The Balaban J connectivity index is 1.62. The van der Waals surface area contributed by atoms with Crippen molar-refractivity contribution in [1.82, 2.24) is 0 Å². The molecule has 6 nitrogen and oxygen atoms in total. The van der Waals surface area contributed by atoms with Crippen LogP contribution >= 0.6 is 0 Å². The number of nitriles is 1. The normalized spacial score (nSPS) is 14.6. The molecule has 1 aliphatic rings. The van der Waals surface area contributed by atoms with Gasteiger partial charge in [0.15, 0.2) is 0 Å². The molecule has 6 heteroatoms. The third-order valence-corrected chi connectivity index (χ3v) is 5.28. The molecule has 0 fully saturated rings. The molecule has 0 aliphatic carbocycles. The summed E-state index contributed by atoms with van der Waals surface area (Å²) in [4.78, 5) is 12.4. The SMILES string of the molecule is CCCOc1cccc(C2C(C#N)=C(N)Oc3cc(OC(=O)Cc4ccccc4)ccc32)c1. The summed E-state index contributed by atoms with van der Waals surface area (Å²) >= 11 is 0. The van der Waals surface area contributed by atoms with Crippen molar-refractivity contribution >= 4 is 5.97 Å². The fourth-order valence-electron chi connectivity index (χ4n) is 3.78. The molecule has 0 amide bonds. The molecule has 1 atom stereocenters. The van der Waals surface area contributed by atoms with Gasteiger partial charge in [-0.25, -0.2) is 0 Å². The fourth-order valence-corrected chi connectivity index (χ4v) is 3.78. The van der Waals surface area contributed by atoms with Gasteiger partial charge >= 0.3 is 5.97 Å². The third kappa shape index (κ3) is 4.99. The highest BCUT2D eigenvalue weighted by Gasteiger charge is 2.31. The average molecular weight is 440 g/mol. The van der Waals surface area contributed by atoms with E-state index < -0.39 is 5.92 Å². The van der Waals surface area contributed by atoms with E-state index in [4.69, 9.17) is 19.9 Å². The molecule has 0 spiro atoms. The Morgan fingerprint density at radius 1 is 1.06 bits per heavy atom. The van der Waals surface area contributed by atoms with E-state index in [0.717, 1.165) is 28.9 Å². The van der Waals surface area contributed by atoms with E-state index in [1.165, 1.54) is 0 Å². The number of hydrogen-bond donors (Lipinski definition) is 1. The van der Waals surface area contributed by atoms with Crippen LogP contribution in [0.1, 0.15) is 36.0 Å². The molecule has 3 aromatic rings. The number of nitrogens with two attached hydrogens (primary N) is 1. The number of allylic oxidation sites excluding steroid dienone is 1. The van der Waals surface area contributed by atoms with Gasteiger partial charge in [-0.1, -0.05) is 55.5 Å². The summed E-state index contributed by atoms with van der Waals surface area (Å²) in [6.07, 6.45) is 1.05. The second-order valence-corrected chi connectivity index (χ2v) is 7.68. The Hall–Kier alpha value is -4.24. The molecule has 4 rings (SSSR count). The number of rotatable bonds is 7. The van der Waals surface area contributed by atoms with Crippen LogP contribution in [0.4, 0.5) is 0 Å². The molecule has 33 heavy (non-hydrogen) atoms. The number of ether oxygens (including phenoxy) is 3. The molecule has 0 saturated carbocycles. The Kier molecular flexibility index (Phi) is 6.61. The van der Waals surface area contributed by atoms with Crippen LogP contribution in [-0.4, -0.2) is 12.6 Å². The molecule has 166 valence electrons. The predicted octanol–water partition coefficient (Wildman–Crippen LogP) is 4.84. The van der Waals surface area contributed by atoms with E-state index >= 15 is 0 Å². The Labute approximate surface area is 192 Å². The van der Waals surface area contributed by atoms with Gasteiger partial charge in [0.05, 0.1) is 18.9 Å². The van der Waals surface area contributed by atoms with E-state index in [0.29, 0.717) is 23.7 Å². The molecule has 1 unspecified atom stereocenters. The number of hydrogen-bond acceptors (Lipinski definition) is 6. The minimum atomic E-state index is -0.419. The van der Waals surface area contributed by atoms with Gasteiger partial charge < -0.3 is 19.9 Å². The van der Waals surface area contributed by atoms with Gasteiger partial charge in [-0.2, -0.15) is 5.26 Å². The van der Waals surface area contributed by atoms with Gasteiger partial charge in [0.1, 0.15) is 28.9 Å². The van der Waals surface area contributed by atoms with Gasteiger partial charge in [-0.3, -0.25) is 4.79 Å². The van der Waals surface area contributed by atoms with Crippen molar-refractivity contribution in [2.75, 3.05) is 6.61 Å². The molecule has 0 bridgehead atoms. The number of carbonyl (C=O) groups excluding carboxylic acids is 1. The Bertz CT molecular complexity index is 1230. The molecule has 0 aromatic heterocycles. The van der Waals surface area contributed by atoms with Crippen molar-refractivity contribution in [3.05, 3.63) is 101 Å². The predicted molar refractivity (Wildman–Crippen MR) is 124 cm³/mol. The zero-order valence-electron chi connectivity index (χ0n) is 18.3. The summed E-state index contributed by atoms with van der Waals surface area (Å²) in [7, 11) is 0. The standard InChI is InChI=1S/C27H24N2O4/c1-2-13-31-20-10-6-9-19(15-20)26-22-12-11-21(16-24(22)33-27(29)23(26)17-28)32-25(30)14-18-7-4-3-5-8-18/h3-12,15-16,26H,2,13-14,29H2,1H3. The first-order valence-electron chi connectivity index (χ1n) is 10.8. The van der Waals surface area contributed by atoms with Gasteiger partial charge in [0.25, 0.3) is 0 Å². The summed E-state index contributed by atoms with van der Waals surface area (Å²) in [5.41, 5.74) is 8.91. The molecule has 1 aliphatic heterocycles. The van der Waals surface area contributed by atoms with E-state index in [9.17, 15) is 10.1 Å². The maximum absolute atomic E-state index is 12.4. The summed E-state index contributed by atoms with van der Waals surface area (Å²) in [6.45, 7) is 2.65. The molecule has 0 radical (unpaired) electrons. The smallest absolute Gasteiger partial charge is 0.315 e. The topological polar surface area (TPSA) is 94.6 Å². The molecular weight excluding hydrogens is 416 g/mol. The van der Waals surface area contributed by atoms with E-state index in [-0.39, 0.29) is 18.3 Å². The first-order valence-corrected chi connectivity index (χ1v) is 10.8. The van der Waals surface area contributed by atoms with Crippen molar-refractivity contribution in [3.63, 3.8) is 0 Å². The van der Waals surface area contributed by atoms with Crippen LogP contribution < -0.4 is 19.9 Å². The van der Waals surface area contributed by atoms with Gasteiger partial charge in [-0.15, -0.1) is 0 Å². The number of esters is 1. The van der Waals surface area contributed by atoms with Gasteiger partial charge in [0, 0.05) is 11.6 Å². The lowest BCUT2D eigenvalue weighted by Gasteiger charge is -2.27. The maximum atomic E-state index is 12.4. The molecule has 2 N–H and O–H groups in total. The van der Waals surface area contributed by atoms with Crippen molar-refractivity contribution in [1.29, 1.82) is 5.26 Å². The monoisotopic (exact) mass is 440 g/mol. The van der Waals surface area contributed by atoms with Crippen LogP contribution in [0, 0.1) is 11.3 Å². The van der Waals surface area contributed by atoms with E-state index in [2.05, 4.69) is 6.07 Å². The summed E-state index contributed by atoms with van der Waals surface area (Å²) in [5.74, 6) is 0.754. The third-order valence-electron chi connectivity index (χ3n) is 5.28. The average Bonchev–Trinajstić information content (AvgIpc) is 2.82. The first-order chi connectivity index (χ1) is 16.1. The summed E-state index contributed by atoms with van der Waals surface area (Å²) in [5, 5.41) is 9.77. The largest absolute Gasteiger partial charge is 0.494 e. The number of carbonyl (C=O) groups is 1. The molecule has 1 heterocycles. The van der Waals surface area contributed by atoms with Crippen LogP contribution in [0.25, 0.3) is 0 Å². The quantitative estimate of drug-likeness (QED) is 0.417. The highest BCUT2D eigenvalue weighted by molar-refractivity contribution is 5.75. The molecule has 3 aromatic carbocycles. The van der Waals surface area contributed by atoms with Crippen LogP contribution in [-0.2, 0) is 11.2 Å². The highest BCUT2D eigenvalue weighted by atomic mass is 16.5. The van der Waals surface area contributed by atoms with Crippen molar-refractivity contribution in [2.24, 2.45) is 5.73 Å². The number of fused-ring (bicyclic) bond motifs is 1. The van der Waals surface area contributed by atoms with Crippen LogP contribution in [0.2, 0.25) is 0 Å².